The number of rotatable bonds is 9. The van der Waals surface area contributed by atoms with Crippen LogP contribution in [0.25, 0.3) is 11.0 Å². The molecule has 1 saturated carbocycles. The van der Waals surface area contributed by atoms with E-state index in [0.29, 0.717) is 12.0 Å². The molecule has 1 aliphatic rings. The summed E-state index contributed by atoms with van der Waals surface area (Å²) in [6, 6.07) is 4.59. The molecule has 9 nitrogen and oxygen atoms in total. The molecule has 0 spiro atoms. The first kappa shape index (κ1) is 27.8. The second-order valence-corrected chi connectivity index (χ2v) is 10.5. The van der Waals surface area contributed by atoms with Crippen LogP contribution in [0.15, 0.2) is 24.3 Å². The number of fused-ring (bicyclic) bond motifs is 1. The van der Waals surface area contributed by atoms with Crippen LogP contribution in [0.4, 0.5) is 29.3 Å². The first-order chi connectivity index (χ1) is 19.0. The molecular weight excluding hydrogens is 526 g/mol. The van der Waals surface area contributed by atoms with Crippen molar-refractivity contribution in [2.75, 3.05) is 22.9 Å². The van der Waals surface area contributed by atoms with E-state index in [1.54, 1.807) is 16.6 Å². The molecule has 0 amide bonds. The van der Waals surface area contributed by atoms with Crippen LogP contribution in [0.5, 0.6) is 0 Å². The van der Waals surface area contributed by atoms with Gasteiger partial charge in [0.15, 0.2) is 5.65 Å². The quantitative estimate of drug-likeness (QED) is 0.262. The van der Waals surface area contributed by atoms with Crippen LogP contribution in [-0.2, 0) is 33.4 Å². The third kappa shape index (κ3) is 5.87. The van der Waals surface area contributed by atoms with Crippen LogP contribution in [0.3, 0.4) is 0 Å². The molecule has 0 aliphatic heterocycles. The first-order valence-electron chi connectivity index (χ1n) is 13.5. The first-order valence-corrected chi connectivity index (χ1v) is 13.5. The monoisotopic (exact) mass is 559 g/mol. The summed E-state index contributed by atoms with van der Waals surface area (Å²) in [7, 11) is 3.47. The number of nitrogens with zero attached hydrogens (tertiary/aromatic N) is 9. The minimum atomic E-state index is -4.67. The summed E-state index contributed by atoms with van der Waals surface area (Å²) in [4.78, 5) is 10.3. The van der Waals surface area contributed by atoms with Gasteiger partial charge in [-0.15, -0.1) is 5.10 Å². The van der Waals surface area contributed by atoms with Crippen molar-refractivity contribution in [2.24, 2.45) is 20.0 Å². The lowest BCUT2D eigenvalue weighted by Gasteiger charge is -2.29. The van der Waals surface area contributed by atoms with Crippen LogP contribution >= 0.6 is 0 Å². The van der Waals surface area contributed by atoms with Gasteiger partial charge in [0.25, 0.3) is 5.95 Å². The van der Waals surface area contributed by atoms with E-state index in [1.807, 2.05) is 20.0 Å². The molecule has 0 saturated heterocycles. The SMILES string of the molecule is CCN(CC1CCCC1)c1nc2c(cc1CN(Cc1cc(F)cc(C(F)(F)F)c1)c1nnn(C)n1)c(C)nn2C. The van der Waals surface area contributed by atoms with Gasteiger partial charge in [0, 0.05) is 44.2 Å². The van der Waals surface area contributed by atoms with E-state index < -0.39 is 17.6 Å². The lowest BCUT2D eigenvalue weighted by atomic mass is 10.1. The van der Waals surface area contributed by atoms with Crippen molar-refractivity contribution in [2.45, 2.75) is 58.8 Å². The summed E-state index contributed by atoms with van der Waals surface area (Å²) in [5.41, 5.74) is 1.53. The summed E-state index contributed by atoms with van der Waals surface area (Å²) < 4.78 is 56.4. The van der Waals surface area contributed by atoms with Crippen molar-refractivity contribution in [1.82, 2.24) is 35.0 Å². The highest BCUT2D eigenvalue weighted by Gasteiger charge is 2.32. The standard InChI is InChI=1S/C27H33F4N9/c1-5-39(14-18-8-6-7-9-18)24-20(12-23-17(2)34-37(3)25(23)32-24)16-40(26-33-36-38(4)35-26)15-19-10-21(27(29,30)31)13-22(28)11-19/h10-13,18H,5-9,14-16H2,1-4H3. The van der Waals surface area contributed by atoms with Gasteiger partial charge in [0.1, 0.15) is 11.6 Å². The molecule has 1 aromatic carbocycles. The molecule has 214 valence electrons. The topological polar surface area (TPSA) is 80.8 Å². The number of benzene rings is 1. The summed E-state index contributed by atoms with van der Waals surface area (Å²) in [5, 5.41) is 17.8. The number of anilines is 2. The number of pyridine rings is 1. The Morgan fingerprint density at radius 1 is 1.00 bits per heavy atom. The largest absolute Gasteiger partial charge is 0.416 e. The number of halogens is 4. The molecule has 4 aromatic rings. The molecule has 0 radical (unpaired) electrons. The molecule has 0 bridgehead atoms. The summed E-state index contributed by atoms with van der Waals surface area (Å²) >= 11 is 0. The number of aryl methyl sites for hydroxylation is 3. The molecule has 13 heteroatoms. The zero-order chi connectivity index (χ0) is 28.6. The number of tetrazole rings is 1. The summed E-state index contributed by atoms with van der Waals surface area (Å²) in [5.74, 6) is 0.618. The molecule has 0 atom stereocenters. The van der Waals surface area contributed by atoms with Crippen LogP contribution in [0.2, 0.25) is 0 Å². The zero-order valence-corrected chi connectivity index (χ0v) is 23.1. The molecule has 3 heterocycles. The van der Waals surface area contributed by atoms with Gasteiger partial charge < -0.3 is 9.80 Å². The van der Waals surface area contributed by atoms with E-state index in [9.17, 15) is 17.6 Å². The second kappa shape index (κ2) is 11.0. The van der Waals surface area contributed by atoms with E-state index in [0.717, 1.165) is 53.3 Å². The van der Waals surface area contributed by atoms with Gasteiger partial charge in [0.2, 0.25) is 0 Å². The van der Waals surface area contributed by atoms with Gasteiger partial charge in [-0.05, 0) is 67.6 Å². The predicted molar refractivity (Wildman–Crippen MR) is 143 cm³/mol. The van der Waals surface area contributed by atoms with Crippen molar-refractivity contribution in [3.05, 3.63) is 52.5 Å². The van der Waals surface area contributed by atoms with E-state index in [2.05, 4.69) is 32.3 Å². The summed E-state index contributed by atoms with van der Waals surface area (Å²) in [6.07, 6.45) is 0.129. The zero-order valence-electron chi connectivity index (χ0n) is 23.1. The van der Waals surface area contributed by atoms with Crippen molar-refractivity contribution >= 4 is 22.8 Å². The van der Waals surface area contributed by atoms with Crippen molar-refractivity contribution in [3.63, 3.8) is 0 Å². The Bertz CT molecular complexity index is 1490. The van der Waals surface area contributed by atoms with Crippen molar-refractivity contribution in [1.29, 1.82) is 0 Å². The Morgan fingerprint density at radius 3 is 2.40 bits per heavy atom. The Labute approximate surface area is 229 Å². The third-order valence-corrected chi connectivity index (χ3v) is 7.49. The number of hydrogen-bond donors (Lipinski definition) is 0. The molecule has 5 rings (SSSR count). The maximum absolute atomic E-state index is 14.3. The van der Waals surface area contributed by atoms with Gasteiger partial charge in [-0.25, -0.2) is 9.37 Å². The molecular formula is C27H33F4N9. The number of hydrogen-bond acceptors (Lipinski definition) is 7. The molecule has 3 aromatic heterocycles. The molecule has 40 heavy (non-hydrogen) atoms. The second-order valence-electron chi connectivity index (χ2n) is 10.5. The number of aromatic nitrogens is 7. The van der Waals surface area contributed by atoms with Gasteiger partial charge in [-0.3, -0.25) is 4.68 Å². The fourth-order valence-electron chi connectivity index (χ4n) is 5.56. The number of alkyl halides is 3. The fourth-order valence-corrected chi connectivity index (χ4v) is 5.56. The van der Waals surface area contributed by atoms with Crippen LogP contribution < -0.4 is 9.80 Å². The van der Waals surface area contributed by atoms with Crippen LogP contribution in [0, 0.1) is 18.7 Å². The van der Waals surface area contributed by atoms with Gasteiger partial charge >= 0.3 is 6.18 Å². The van der Waals surface area contributed by atoms with Crippen LogP contribution in [0.1, 0.15) is 55.0 Å². The fraction of sp³-hybridized carbons (Fsp3) is 0.519. The highest BCUT2D eigenvalue weighted by atomic mass is 19.4. The van der Waals surface area contributed by atoms with E-state index in [-0.39, 0.29) is 24.6 Å². The minimum Gasteiger partial charge on any atom is -0.356 e. The summed E-state index contributed by atoms with van der Waals surface area (Å²) in [6.45, 7) is 5.76. The third-order valence-electron chi connectivity index (χ3n) is 7.49. The van der Waals surface area contributed by atoms with Crippen molar-refractivity contribution in [3.8, 4) is 0 Å². The maximum atomic E-state index is 14.3. The van der Waals surface area contributed by atoms with E-state index >= 15 is 0 Å². The molecule has 0 unspecified atom stereocenters. The van der Waals surface area contributed by atoms with Gasteiger partial charge in [0.05, 0.1) is 18.3 Å². The maximum Gasteiger partial charge on any atom is 0.416 e. The Hall–Kier alpha value is -3.77. The van der Waals surface area contributed by atoms with Gasteiger partial charge in [-0.1, -0.05) is 17.9 Å². The molecule has 1 fully saturated rings. The van der Waals surface area contributed by atoms with E-state index in [4.69, 9.17) is 4.98 Å². The van der Waals surface area contributed by atoms with E-state index in [1.165, 1.54) is 30.5 Å². The minimum absolute atomic E-state index is 0.0647. The van der Waals surface area contributed by atoms with Crippen molar-refractivity contribution < 1.29 is 17.6 Å². The average molecular weight is 560 g/mol. The molecule has 1 aliphatic carbocycles. The normalized spacial score (nSPS) is 14.4. The lowest BCUT2D eigenvalue weighted by molar-refractivity contribution is -0.137. The smallest absolute Gasteiger partial charge is 0.356 e. The Kier molecular flexibility index (Phi) is 7.65. The molecule has 0 N–H and O–H groups in total. The lowest BCUT2D eigenvalue weighted by Crippen LogP contribution is -2.32. The average Bonchev–Trinajstić information content (AvgIpc) is 3.62. The highest BCUT2D eigenvalue weighted by Crippen LogP contribution is 2.33. The van der Waals surface area contributed by atoms with Gasteiger partial charge in [-0.2, -0.15) is 23.1 Å². The highest BCUT2D eigenvalue weighted by molar-refractivity contribution is 5.81. The Morgan fingerprint density at radius 2 is 1.75 bits per heavy atom. The Balaban J connectivity index is 1.57. The van der Waals surface area contributed by atoms with Crippen LogP contribution in [-0.4, -0.2) is 48.1 Å². The predicted octanol–water partition coefficient (Wildman–Crippen LogP) is 5.18.